The lowest BCUT2D eigenvalue weighted by Crippen LogP contribution is -2.50. The second-order valence-electron chi connectivity index (χ2n) is 7.57. The molecule has 1 N–H and O–H groups in total. The highest BCUT2D eigenvalue weighted by atomic mass is 16.5. The molecule has 0 aromatic heterocycles. The molecule has 144 valence electrons. The third-order valence-corrected chi connectivity index (χ3v) is 5.65. The van der Waals surface area contributed by atoms with Crippen molar-refractivity contribution in [3.8, 4) is 5.75 Å². The van der Waals surface area contributed by atoms with Crippen LogP contribution in [0.1, 0.15) is 44.9 Å². The van der Waals surface area contributed by atoms with Gasteiger partial charge in [0.15, 0.2) is 0 Å². The van der Waals surface area contributed by atoms with Gasteiger partial charge in [-0.15, -0.1) is 0 Å². The minimum Gasteiger partial charge on any atom is -0.497 e. The van der Waals surface area contributed by atoms with Crippen molar-refractivity contribution >= 4 is 11.6 Å². The molecule has 0 atom stereocenters. The quantitative estimate of drug-likeness (QED) is 0.878. The summed E-state index contributed by atoms with van der Waals surface area (Å²) < 4.78 is 5.22. The van der Waals surface area contributed by atoms with Crippen LogP contribution in [0.4, 0.5) is 5.69 Å². The first-order valence-corrected chi connectivity index (χ1v) is 10.2. The molecular weight excluding hydrogens is 326 g/mol. The van der Waals surface area contributed by atoms with Crippen molar-refractivity contribution in [3.63, 3.8) is 0 Å². The van der Waals surface area contributed by atoms with Crippen molar-refractivity contribution in [1.82, 2.24) is 10.2 Å². The Morgan fingerprint density at radius 1 is 1.00 bits per heavy atom. The van der Waals surface area contributed by atoms with Crippen LogP contribution in [0.25, 0.3) is 0 Å². The van der Waals surface area contributed by atoms with Gasteiger partial charge in [0.2, 0.25) is 5.91 Å². The van der Waals surface area contributed by atoms with E-state index in [9.17, 15) is 4.79 Å². The fourth-order valence-corrected chi connectivity index (χ4v) is 4.03. The van der Waals surface area contributed by atoms with Crippen LogP contribution in [0, 0.1) is 0 Å². The van der Waals surface area contributed by atoms with Crippen molar-refractivity contribution in [2.75, 3.05) is 44.7 Å². The Morgan fingerprint density at radius 3 is 2.23 bits per heavy atom. The monoisotopic (exact) mass is 359 g/mol. The van der Waals surface area contributed by atoms with Gasteiger partial charge in [0.05, 0.1) is 13.7 Å². The molecule has 2 aliphatic rings. The molecule has 1 saturated carbocycles. The van der Waals surface area contributed by atoms with Crippen LogP contribution < -0.4 is 15.0 Å². The van der Waals surface area contributed by atoms with Gasteiger partial charge in [-0.3, -0.25) is 9.69 Å². The lowest BCUT2D eigenvalue weighted by atomic mass is 9.97. The maximum Gasteiger partial charge on any atom is 0.234 e. The van der Waals surface area contributed by atoms with Crippen LogP contribution in [0.2, 0.25) is 0 Å². The van der Waals surface area contributed by atoms with E-state index in [4.69, 9.17) is 4.74 Å². The number of carbonyl (C=O) groups is 1. The van der Waals surface area contributed by atoms with Crippen LogP contribution >= 0.6 is 0 Å². The van der Waals surface area contributed by atoms with Gasteiger partial charge in [-0.1, -0.05) is 32.1 Å². The largest absolute Gasteiger partial charge is 0.497 e. The predicted octanol–water partition coefficient (Wildman–Crippen LogP) is 3.05. The van der Waals surface area contributed by atoms with Gasteiger partial charge >= 0.3 is 0 Å². The van der Waals surface area contributed by atoms with Crippen LogP contribution in [0.5, 0.6) is 5.75 Å². The molecule has 26 heavy (non-hydrogen) atoms. The minimum atomic E-state index is 0.202. The number of piperazine rings is 1. The minimum absolute atomic E-state index is 0.202. The highest BCUT2D eigenvalue weighted by molar-refractivity contribution is 5.78. The zero-order valence-corrected chi connectivity index (χ0v) is 16.1. The smallest absolute Gasteiger partial charge is 0.234 e. The summed E-state index contributed by atoms with van der Waals surface area (Å²) in [6.07, 6.45) is 8.81. The molecule has 1 amide bonds. The van der Waals surface area contributed by atoms with Gasteiger partial charge in [-0.2, -0.15) is 0 Å². The number of nitrogens with zero attached hydrogens (tertiary/aromatic N) is 2. The number of rotatable bonds is 5. The number of benzene rings is 1. The van der Waals surface area contributed by atoms with Crippen LogP contribution in [-0.4, -0.2) is 56.7 Å². The zero-order chi connectivity index (χ0) is 18.2. The molecule has 2 fully saturated rings. The Kier molecular flexibility index (Phi) is 7.18. The average molecular weight is 360 g/mol. The highest BCUT2D eigenvalue weighted by Gasteiger charge is 2.21. The van der Waals surface area contributed by atoms with E-state index in [1.165, 1.54) is 37.8 Å². The van der Waals surface area contributed by atoms with E-state index in [0.29, 0.717) is 12.6 Å². The predicted molar refractivity (Wildman–Crippen MR) is 106 cm³/mol. The fourth-order valence-electron chi connectivity index (χ4n) is 4.03. The first-order valence-electron chi connectivity index (χ1n) is 10.2. The van der Waals surface area contributed by atoms with Crippen molar-refractivity contribution in [3.05, 3.63) is 24.3 Å². The van der Waals surface area contributed by atoms with Crippen molar-refractivity contribution in [2.24, 2.45) is 0 Å². The number of anilines is 1. The molecule has 1 heterocycles. The lowest BCUT2D eigenvalue weighted by molar-refractivity contribution is -0.123. The van der Waals surface area contributed by atoms with Gasteiger partial charge < -0.3 is 15.0 Å². The summed E-state index contributed by atoms with van der Waals surface area (Å²) in [5.74, 6) is 1.09. The summed E-state index contributed by atoms with van der Waals surface area (Å²) in [6.45, 7) is 4.33. The second-order valence-corrected chi connectivity index (χ2v) is 7.57. The standard InChI is InChI=1S/C21H33N3O2/c1-26-20-11-9-19(10-12-20)24-15-13-23(14-16-24)17-21(25)22-18-7-5-3-2-4-6-8-18/h9-12,18H,2-8,13-17H2,1H3,(H,22,25). The van der Waals surface area contributed by atoms with E-state index in [1.54, 1.807) is 7.11 Å². The number of carbonyl (C=O) groups excluding carboxylic acids is 1. The molecular formula is C21H33N3O2. The second kappa shape index (κ2) is 9.81. The van der Waals surface area contributed by atoms with Crippen LogP contribution in [0.3, 0.4) is 0 Å². The molecule has 3 rings (SSSR count). The maximum atomic E-state index is 12.4. The number of hydrogen-bond donors (Lipinski definition) is 1. The molecule has 0 unspecified atom stereocenters. The topological polar surface area (TPSA) is 44.8 Å². The normalized spacial score (nSPS) is 20.3. The molecule has 1 aromatic rings. The first-order chi connectivity index (χ1) is 12.7. The third-order valence-electron chi connectivity index (χ3n) is 5.65. The first kappa shape index (κ1) is 19.0. The zero-order valence-electron chi connectivity index (χ0n) is 16.1. The molecule has 0 radical (unpaired) electrons. The van der Waals surface area contributed by atoms with E-state index in [0.717, 1.165) is 44.8 Å². The lowest BCUT2D eigenvalue weighted by Gasteiger charge is -2.36. The van der Waals surface area contributed by atoms with Crippen LogP contribution in [0.15, 0.2) is 24.3 Å². The summed E-state index contributed by atoms with van der Waals surface area (Å²) in [4.78, 5) is 17.1. The van der Waals surface area contributed by atoms with Crippen molar-refractivity contribution < 1.29 is 9.53 Å². The van der Waals surface area contributed by atoms with Gasteiger partial charge in [-0.05, 0) is 37.1 Å². The Balaban J connectivity index is 1.40. The Hall–Kier alpha value is -1.75. The van der Waals surface area contributed by atoms with E-state index < -0.39 is 0 Å². The number of hydrogen-bond acceptors (Lipinski definition) is 4. The number of nitrogens with one attached hydrogen (secondary N) is 1. The fraction of sp³-hybridized carbons (Fsp3) is 0.667. The van der Waals surface area contributed by atoms with Gasteiger partial charge in [0.25, 0.3) is 0 Å². The van der Waals surface area contributed by atoms with E-state index in [2.05, 4.69) is 27.2 Å². The van der Waals surface area contributed by atoms with Crippen molar-refractivity contribution in [1.29, 1.82) is 0 Å². The summed E-state index contributed by atoms with van der Waals surface area (Å²) in [6, 6.07) is 8.61. The SMILES string of the molecule is COc1ccc(N2CCN(CC(=O)NC3CCCCCCC3)CC2)cc1. The molecule has 1 saturated heterocycles. The molecule has 1 aliphatic heterocycles. The van der Waals surface area contributed by atoms with Gasteiger partial charge in [-0.25, -0.2) is 0 Å². The summed E-state index contributed by atoms with van der Waals surface area (Å²) in [5, 5.41) is 3.28. The molecule has 0 spiro atoms. The molecule has 1 aliphatic carbocycles. The summed E-state index contributed by atoms with van der Waals surface area (Å²) in [7, 11) is 1.69. The Morgan fingerprint density at radius 2 is 1.62 bits per heavy atom. The molecule has 5 nitrogen and oxygen atoms in total. The van der Waals surface area contributed by atoms with E-state index in [-0.39, 0.29) is 5.91 Å². The molecule has 0 bridgehead atoms. The number of methoxy groups -OCH3 is 1. The van der Waals surface area contributed by atoms with Crippen LogP contribution in [-0.2, 0) is 4.79 Å². The van der Waals surface area contributed by atoms with Gasteiger partial charge in [0.1, 0.15) is 5.75 Å². The van der Waals surface area contributed by atoms with Crippen molar-refractivity contribution in [2.45, 2.75) is 51.0 Å². The average Bonchev–Trinajstić information content (AvgIpc) is 2.64. The Bertz CT molecular complexity index is 545. The van der Waals surface area contributed by atoms with E-state index >= 15 is 0 Å². The Labute approximate surface area is 157 Å². The van der Waals surface area contributed by atoms with Gasteiger partial charge in [0, 0.05) is 37.9 Å². The molecule has 1 aromatic carbocycles. The third kappa shape index (κ3) is 5.63. The molecule has 5 heteroatoms. The van der Waals surface area contributed by atoms with E-state index in [1.807, 2.05) is 12.1 Å². The highest BCUT2D eigenvalue weighted by Crippen LogP contribution is 2.20. The number of ether oxygens (including phenoxy) is 1. The summed E-state index contributed by atoms with van der Waals surface area (Å²) >= 11 is 0. The maximum absolute atomic E-state index is 12.4. The summed E-state index contributed by atoms with van der Waals surface area (Å²) in [5.41, 5.74) is 1.23. The number of amides is 1.